The molecule has 2 N–H and O–H groups in total. The highest BCUT2D eigenvalue weighted by atomic mass is 16.6. The molecule has 0 aliphatic heterocycles. The van der Waals surface area contributed by atoms with Gasteiger partial charge in [0.2, 0.25) is 0 Å². The Hall–Kier alpha value is -2.56. The van der Waals surface area contributed by atoms with Crippen LogP contribution in [0.1, 0.15) is 11.1 Å². The van der Waals surface area contributed by atoms with Crippen LogP contribution >= 0.6 is 0 Å². The van der Waals surface area contributed by atoms with Crippen LogP contribution in [0, 0.1) is 24.0 Å². The maximum Gasteiger partial charge on any atom is 0.273 e. The Morgan fingerprint density at radius 3 is 2.45 bits per heavy atom. The van der Waals surface area contributed by atoms with Gasteiger partial charge in [-0.05, 0) is 31.5 Å². The van der Waals surface area contributed by atoms with Crippen molar-refractivity contribution in [2.45, 2.75) is 13.8 Å². The van der Waals surface area contributed by atoms with Crippen LogP contribution in [0.2, 0.25) is 0 Å². The number of nitro benzene ring substituents is 1. The van der Waals surface area contributed by atoms with E-state index in [-0.39, 0.29) is 5.69 Å². The van der Waals surface area contributed by atoms with Gasteiger partial charge in [0.05, 0.1) is 4.92 Å². The molecule has 0 saturated carbocycles. The molecule has 0 bridgehead atoms. The molecule has 2 aromatic rings. The molecule has 0 radical (unpaired) electrons. The lowest BCUT2D eigenvalue weighted by Gasteiger charge is -2.22. The van der Waals surface area contributed by atoms with Gasteiger partial charge in [0.25, 0.3) is 5.69 Å². The van der Waals surface area contributed by atoms with Gasteiger partial charge in [-0.1, -0.05) is 17.7 Å². The number of hydrogen-bond donors (Lipinski definition) is 1. The summed E-state index contributed by atoms with van der Waals surface area (Å²) in [5.74, 6) is 0. The number of nitrogen functional groups attached to an aromatic ring is 1. The molecule has 0 spiro atoms. The van der Waals surface area contributed by atoms with Crippen LogP contribution in [-0.2, 0) is 0 Å². The second-order valence-corrected chi connectivity index (χ2v) is 4.89. The van der Waals surface area contributed by atoms with E-state index in [0.29, 0.717) is 11.4 Å². The zero-order valence-corrected chi connectivity index (χ0v) is 11.8. The van der Waals surface area contributed by atoms with Gasteiger partial charge in [-0.2, -0.15) is 0 Å². The van der Waals surface area contributed by atoms with Crippen LogP contribution in [0.5, 0.6) is 0 Å². The van der Waals surface area contributed by atoms with Crippen LogP contribution in [0.25, 0.3) is 0 Å². The van der Waals surface area contributed by atoms with Crippen LogP contribution in [0.3, 0.4) is 0 Å². The van der Waals surface area contributed by atoms with Gasteiger partial charge in [-0.15, -0.1) is 0 Å². The van der Waals surface area contributed by atoms with Crippen molar-refractivity contribution in [3.05, 3.63) is 57.6 Å². The minimum absolute atomic E-state index is 0.00313. The third-order valence-electron chi connectivity index (χ3n) is 3.24. The fraction of sp³-hybridized carbons (Fsp3) is 0.200. The summed E-state index contributed by atoms with van der Waals surface area (Å²) in [4.78, 5) is 12.4. The highest BCUT2D eigenvalue weighted by molar-refractivity contribution is 5.71. The van der Waals surface area contributed by atoms with E-state index in [0.717, 1.165) is 11.3 Å². The van der Waals surface area contributed by atoms with Gasteiger partial charge in [0.1, 0.15) is 0 Å². The first-order valence-electron chi connectivity index (χ1n) is 6.24. The van der Waals surface area contributed by atoms with E-state index in [9.17, 15) is 10.1 Å². The predicted octanol–water partition coefficient (Wildman–Crippen LogP) is 3.56. The third kappa shape index (κ3) is 2.71. The molecule has 104 valence electrons. The molecular weight excluding hydrogens is 254 g/mol. The molecule has 0 atom stereocenters. The number of benzene rings is 2. The molecule has 0 aromatic heterocycles. The Kier molecular flexibility index (Phi) is 3.61. The number of non-ortho nitro benzene ring substituents is 1. The lowest BCUT2D eigenvalue weighted by molar-refractivity contribution is -0.384. The average molecular weight is 271 g/mol. The summed E-state index contributed by atoms with van der Waals surface area (Å²) in [5.41, 5.74) is 10.1. The first-order chi connectivity index (χ1) is 9.38. The second-order valence-electron chi connectivity index (χ2n) is 4.89. The molecule has 5 nitrogen and oxygen atoms in total. The normalized spacial score (nSPS) is 10.3. The van der Waals surface area contributed by atoms with E-state index in [1.807, 2.05) is 37.9 Å². The number of hydrogen-bond acceptors (Lipinski definition) is 4. The molecule has 0 unspecified atom stereocenters. The molecule has 20 heavy (non-hydrogen) atoms. The smallest absolute Gasteiger partial charge is 0.273 e. The van der Waals surface area contributed by atoms with Crippen LogP contribution in [0.4, 0.5) is 22.7 Å². The minimum Gasteiger partial charge on any atom is -0.398 e. The summed E-state index contributed by atoms with van der Waals surface area (Å²) >= 11 is 0. The Bertz CT molecular complexity index is 668. The number of rotatable bonds is 3. The molecule has 0 aliphatic rings. The number of nitrogens with two attached hydrogens (primary N) is 1. The van der Waals surface area contributed by atoms with Gasteiger partial charge in [-0.3, -0.25) is 10.1 Å². The van der Waals surface area contributed by atoms with Gasteiger partial charge in [0, 0.05) is 36.2 Å². The molecule has 0 saturated heterocycles. The number of nitrogens with zero attached hydrogens (tertiary/aromatic N) is 2. The zero-order valence-electron chi connectivity index (χ0n) is 11.8. The van der Waals surface area contributed by atoms with E-state index < -0.39 is 4.92 Å². The largest absolute Gasteiger partial charge is 0.398 e. The summed E-state index contributed by atoms with van der Waals surface area (Å²) in [6, 6.07) is 10.7. The van der Waals surface area contributed by atoms with Crippen LogP contribution in [-0.4, -0.2) is 12.0 Å². The summed E-state index contributed by atoms with van der Waals surface area (Å²) in [6.07, 6.45) is 0. The molecule has 5 heteroatoms. The summed E-state index contributed by atoms with van der Waals surface area (Å²) in [6.45, 7) is 4.04. The van der Waals surface area contributed by atoms with Gasteiger partial charge >= 0.3 is 0 Å². The Morgan fingerprint density at radius 2 is 1.85 bits per heavy atom. The Morgan fingerprint density at radius 1 is 1.15 bits per heavy atom. The van der Waals surface area contributed by atoms with Gasteiger partial charge in [0.15, 0.2) is 0 Å². The molecule has 0 fully saturated rings. The van der Waals surface area contributed by atoms with E-state index in [4.69, 9.17) is 5.73 Å². The third-order valence-corrected chi connectivity index (χ3v) is 3.24. The molecule has 2 rings (SSSR count). The Balaban J connectivity index is 2.47. The average Bonchev–Trinajstić information content (AvgIpc) is 2.37. The van der Waals surface area contributed by atoms with Crippen LogP contribution < -0.4 is 10.6 Å². The van der Waals surface area contributed by atoms with Crippen molar-refractivity contribution in [3.63, 3.8) is 0 Å². The molecular formula is C15H17N3O2. The van der Waals surface area contributed by atoms with E-state index >= 15 is 0 Å². The highest BCUT2D eigenvalue weighted by Gasteiger charge is 2.13. The number of nitro groups is 1. The molecule has 2 aromatic carbocycles. The van der Waals surface area contributed by atoms with Crippen molar-refractivity contribution < 1.29 is 4.92 Å². The lowest BCUT2D eigenvalue weighted by atomic mass is 10.1. The first-order valence-corrected chi connectivity index (χ1v) is 6.24. The monoisotopic (exact) mass is 271 g/mol. The van der Waals surface area contributed by atoms with E-state index in [1.165, 1.54) is 17.7 Å². The fourth-order valence-electron chi connectivity index (χ4n) is 2.24. The summed E-state index contributed by atoms with van der Waals surface area (Å²) < 4.78 is 0. The van der Waals surface area contributed by atoms with Gasteiger partial charge < -0.3 is 10.6 Å². The predicted molar refractivity (Wildman–Crippen MR) is 81.5 cm³/mol. The first kappa shape index (κ1) is 13.9. The minimum atomic E-state index is -0.435. The summed E-state index contributed by atoms with van der Waals surface area (Å²) in [7, 11) is 1.87. The fourth-order valence-corrected chi connectivity index (χ4v) is 2.24. The van der Waals surface area contributed by atoms with E-state index in [1.54, 1.807) is 6.07 Å². The molecule has 0 heterocycles. The van der Waals surface area contributed by atoms with Crippen molar-refractivity contribution >= 4 is 22.7 Å². The number of aryl methyl sites for hydroxylation is 2. The molecule has 0 amide bonds. The van der Waals surface area contributed by atoms with Crippen molar-refractivity contribution in [1.82, 2.24) is 0 Å². The van der Waals surface area contributed by atoms with E-state index in [2.05, 4.69) is 6.07 Å². The highest BCUT2D eigenvalue weighted by Crippen LogP contribution is 2.31. The maximum atomic E-state index is 10.9. The standard InChI is InChI=1S/C15H17N3O2/c1-10-4-5-15(11(2)6-10)17(3)13-7-12(16)8-14(9-13)18(19)20/h4-9H,16H2,1-3H3. The maximum absolute atomic E-state index is 10.9. The molecule has 0 aliphatic carbocycles. The summed E-state index contributed by atoms with van der Waals surface area (Å²) in [5, 5.41) is 10.9. The van der Waals surface area contributed by atoms with Gasteiger partial charge in [-0.25, -0.2) is 0 Å². The lowest BCUT2D eigenvalue weighted by Crippen LogP contribution is -2.11. The zero-order chi connectivity index (χ0) is 14.9. The SMILES string of the molecule is Cc1ccc(N(C)c2cc(N)cc([N+](=O)[O-])c2)c(C)c1. The van der Waals surface area contributed by atoms with Crippen LogP contribution in [0.15, 0.2) is 36.4 Å². The van der Waals surface area contributed by atoms with Crippen molar-refractivity contribution in [2.24, 2.45) is 0 Å². The van der Waals surface area contributed by atoms with Crippen molar-refractivity contribution in [1.29, 1.82) is 0 Å². The quantitative estimate of drug-likeness (QED) is 0.526. The second kappa shape index (κ2) is 5.21. The van der Waals surface area contributed by atoms with Crippen molar-refractivity contribution in [3.8, 4) is 0 Å². The number of anilines is 3. The Labute approximate surface area is 117 Å². The topological polar surface area (TPSA) is 72.4 Å². The van der Waals surface area contributed by atoms with Crippen molar-refractivity contribution in [2.75, 3.05) is 17.7 Å².